The molecule has 2 unspecified atom stereocenters. The van der Waals surface area contributed by atoms with Crippen molar-refractivity contribution >= 4 is 11.9 Å². The number of amides is 1. The fourth-order valence-corrected chi connectivity index (χ4v) is 2.51. The van der Waals surface area contributed by atoms with E-state index in [1.54, 1.807) is 6.92 Å². The first-order chi connectivity index (χ1) is 9.04. The summed E-state index contributed by atoms with van der Waals surface area (Å²) in [7, 11) is 0. The molecule has 2 rings (SSSR count). The zero-order valence-electron chi connectivity index (χ0n) is 11.1. The SMILES string of the molecule is CCC1CCN(C(=O)c2oncc2C)C(C(=O)O)C1. The number of aliphatic carboxylic acids is 1. The molecule has 6 nitrogen and oxygen atoms in total. The van der Waals surface area contributed by atoms with Gasteiger partial charge in [0.25, 0.3) is 5.91 Å². The summed E-state index contributed by atoms with van der Waals surface area (Å²) in [6.45, 7) is 4.22. The number of rotatable bonds is 3. The van der Waals surface area contributed by atoms with Gasteiger partial charge in [0.05, 0.1) is 6.20 Å². The van der Waals surface area contributed by atoms with Gasteiger partial charge in [-0.25, -0.2) is 4.79 Å². The summed E-state index contributed by atoms with van der Waals surface area (Å²) < 4.78 is 4.93. The van der Waals surface area contributed by atoms with Gasteiger partial charge in [0, 0.05) is 12.1 Å². The molecule has 2 heterocycles. The largest absolute Gasteiger partial charge is 0.480 e. The van der Waals surface area contributed by atoms with Crippen LogP contribution in [0.25, 0.3) is 0 Å². The Kier molecular flexibility index (Phi) is 3.87. The Morgan fingerprint density at radius 3 is 2.84 bits per heavy atom. The highest BCUT2D eigenvalue weighted by Gasteiger charge is 2.37. The van der Waals surface area contributed by atoms with E-state index in [9.17, 15) is 14.7 Å². The van der Waals surface area contributed by atoms with Crippen molar-refractivity contribution in [2.24, 2.45) is 5.92 Å². The molecule has 0 aliphatic carbocycles. The van der Waals surface area contributed by atoms with Crippen LogP contribution >= 0.6 is 0 Å². The zero-order chi connectivity index (χ0) is 14.0. The lowest BCUT2D eigenvalue weighted by Gasteiger charge is -2.36. The van der Waals surface area contributed by atoms with E-state index < -0.39 is 12.0 Å². The average Bonchev–Trinajstić information content (AvgIpc) is 2.83. The summed E-state index contributed by atoms with van der Waals surface area (Å²) in [5, 5.41) is 12.9. The molecule has 1 aliphatic rings. The third-order valence-electron chi connectivity index (χ3n) is 3.78. The van der Waals surface area contributed by atoms with Crippen molar-refractivity contribution in [3.8, 4) is 0 Å². The van der Waals surface area contributed by atoms with E-state index in [0.29, 0.717) is 24.4 Å². The number of aromatic nitrogens is 1. The summed E-state index contributed by atoms with van der Waals surface area (Å²) in [5.41, 5.74) is 0.631. The molecule has 1 aromatic heterocycles. The molecule has 1 amide bonds. The second-order valence-corrected chi connectivity index (χ2v) is 4.99. The molecular formula is C13H18N2O4. The van der Waals surface area contributed by atoms with Crippen molar-refractivity contribution in [3.63, 3.8) is 0 Å². The van der Waals surface area contributed by atoms with Crippen molar-refractivity contribution in [1.82, 2.24) is 10.1 Å². The van der Waals surface area contributed by atoms with Crippen LogP contribution in [0.1, 0.15) is 42.3 Å². The molecule has 2 atom stereocenters. The highest BCUT2D eigenvalue weighted by molar-refractivity contribution is 5.95. The number of carboxylic acid groups (broad SMARTS) is 1. The lowest BCUT2D eigenvalue weighted by molar-refractivity contribution is -0.144. The second-order valence-electron chi connectivity index (χ2n) is 4.99. The molecule has 0 bridgehead atoms. The Labute approximate surface area is 111 Å². The number of hydrogen-bond donors (Lipinski definition) is 1. The van der Waals surface area contributed by atoms with Crippen LogP contribution in [-0.2, 0) is 4.79 Å². The van der Waals surface area contributed by atoms with Crippen molar-refractivity contribution in [1.29, 1.82) is 0 Å². The van der Waals surface area contributed by atoms with Crippen LogP contribution in [-0.4, -0.2) is 39.6 Å². The number of carbonyl (C=O) groups is 2. The second kappa shape index (κ2) is 5.42. The molecular weight excluding hydrogens is 248 g/mol. The standard InChI is InChI=1S/C13H18N2O4/c1-3-9-4-5-15(10(6-9)13(17)18)12(16)11-8(2)7-14-19-11/h7,9-10H,3-6H2,1-2H3,(H,17,18). The third-order valence-corrected chi connectivity index (χ3v) is 3.78. The van der Waals surface area contributed by atoms with Crippen LogP contribution in [0.3, 0.4) is 0 Å². The highest BCUT2D eigenvalue weighted by Crippen LogP contribution is 2.27. The summed E-state index contributed by atoms with van der Waals surface area (Å²) in [6.07, 6.45) is 3.74. The summed E-state index contributed by atoms with van der Waals surface area (Å²) in [4.78, 5) is 25.1. The van der Waals surface area contributed by atoms with Gasteiger partial charge in [-0.15, -0.1) is 0 Å². The van der Waals surface area contributed by atoms with Crippen LogP contribution in [0.2, 0.25) is 0 Å². The molecule has 6 heteroatoms. The summed E-state index contributed by atoms with van der Waals surface area (Å²) in [5.74, 6) is -0.831. The maximum Gasteiger partial charge on any atom is 0.326 e. The minimum atomic E-state index is -0.955. The van der Waals surface area contributed by atoms with Gasteiger partial charge >= 0.3 is 5.97 Å². The molecule has 1 aromatic rings. The molecule has 0 radical (unpaired) electrons. The zero-order valence-corrected chi connectivity index (χ0v) is 11.1. The van der Waals surface area contributed by atoms with Crippen molar-refractivity contribution < 1.29 is 19.2 Å². The number of carboxylic acids is 1. The topological polar surface area (TPSA) is 83.6 Å². The van der Waals surface area contributed by atoms with Crippen LogP contribution in [0, 0.1) is 12.8 Å². The fraction of sp³-hybridized carbons (Fsp3) is 0.615. The number of likely N-dealkylation sites (tertiary alicyclic amines) is 1. The predicted molar refractivity (Wildman–Crippen MR) is 66.7 cm³/mol. The van der Waals surface area contributed by atoms with E-state index in [-0.39, 0.29) is 11.7 Å². The lowest BCUT2D eigenvalue weighted by atomic mass is 9.88. The highest BCUT2D eigenvalue weighted by atomic mass is 16.5. The first-order valence-corrected chi connectivity index (χ1v) is 6.49. The molecule has 19 heavy (non-hydrogen) atoms. The lowest BCUT2D eigenvalue weighted by Crippen LogP contribution is -2.50. The molecule has 0 saturated carbocycles. The van der Waals surface area contributed by atoms with Gasteiger partial charge in [-0.1, -0.05) is 18.5 Å². The number of aryl methyl sites for hydroxylation is 1. The normalized spacial score (nSPS) is 23.4. The molecule has 1 saturated heterocycles. The minimum Gasteiger partial charge on any atom is -0.480 e. The first kappa shape index (κ1) is 13.6. The first-order valence-electron chi connectivity index (χ1n) is 6.49. The molecule has 104 valence electrons. The van der Waals surface area contributed by atoms with Gasteiger partial charge < -0.3 is 14.5 Å². The Bertz CT molecular complexity index is 483. The molecule has 1 aliphatic heterocycles. The van der Waals surface area contributed by atoms with Gasteiger partial charge in [-0.05, 0) is 25.7 Å². The molecule has 1 fully saturated rings. The Balaban J connectivity index is 2.20. The Morgan fingerprint density at radius 1 is 1.58 bits per heavy atom. The van der Waals surface area contributed by atoms with E-state index >= 15 is 0 Å². The molecule has 0 aromatic carbocycles. The van der Waals surface area contributed by atoms with Gasteiger partial charge in [0.1, 0.15) is 6.04 Å². The van der Waals surface area contributed by atoms with E-state index in [1.807, 2.05) is 6.92 Å². The minimum absolute atomic E-state index is 0.140. The van der Waals surface area contributed by atoms with E-state index in [4.69, 9.17) is 4.52 Å². The van der Waals surface area contributed by atoms with Gasteiger partial charge in [0.15, 0.2) is 0 Å². The number of carbonyl (C=O) groups excluding carboxylic acids is 1. The third kappa shape index (κ3) is 2.62. The van der Waals surface area contributed by atoms with Gasteiger partial charge in [0.2, 0.25) is 5.76 Å². The number of piperidine rings is 1. The van der Waals surface area contributed by atoms with Crippen molar-refractivity contribution in [3.05, 3.63) is 17.5 Å². The smallest absolute Gasteiger partial charge is 0.326 e. The van der Waals surface area contributed by atoms with Gasteiger partial charge in [-0.2, -0.15) is 0 Å². The number of hydrogen-bond acceptors (Lipinski definition) is 4. The summed E-state index contributed by atoms with van der Waals surface area (Å²) >= 11 is 0. The maximum absolute atomic E-state index is 12.3. The Morgan fingerprint density at radius 2 is 2.32 bits per heavy atom. The fourth-order valence-electron chi connectivity index (χ4n) is 2.51. The van der Waals surface area contributed by atoms with Crippen LogP contribution in [0.5, 0.6) is 0 Å². The van der Waals surface area contributed by atoms with Gasteiger partial charge in [-0.3, -0.25) is 4.79 Å². The average molecular weight is 266 g/mol. The monoisotopic (exact) mass is 266 g/mol. The quantitative estimate of drug-likeness (QED) is 0.900. The summed E-state index contributed by atoms with van der Waals surface area (Å²) in [6, 6.07) is -0.768. The van der Waals surface area contributed by atoms with Crippen LogP contribution in [0.15, 0.2) is 10.7 Å². The van der Waals surface area contributed by atoms with E-state index in [1.165, 1.54) is 11.1 Å². The van der Waals surface area contributed by atoms with E-state index in [2.05, 4.69) is 5.16 Å². The Hall–Kier alpha value is -1.85. The van der Waals surface area contributed by atoms with Crippen molar-refractivity contribution in [2.75, 3.05) is 6.54 Å². The number of nitrogens with zero attached hydrogens (tertiary/aromatic N) is 2. The molecule has 1 N–H and O–H groups in total. The molecule has 0 spiro atoms. The van der Waals surface area contributed by atoms with Crippen LogP contribution in [0.4, 0.5) is 0 Å². The van der Waals surface area contributed by atoms with E-state index in [0.717, 1.165) is 12.8 Å². The maximum atomic E-state index is 12.3. The predicted octanol–water partition coefficient (Wildman–Crippen LogP) is 1.70. The van der Waals surface area contributed by atoms with Crippen molar-refractivity contribution in [2.45, 2.75) is 39.2 Å². The van der Waals surface area contributed by atoms with Crippen LogP contribution < -0.4 is 0 Å².